The Hall–Kier alpha value is -0.980. The van der Waals surface area contributed by atoms with Gasteiger partial charge in [0, 0.05) is 14.3 Å². The van der Waals surface area contributed by atoms with Crippen molar-refractivity contribution in [3.63, 3.8) is 0 Å². The van der Waals surface area contributed by atoms with Crippen molar-refractivity contribution in [1.82, 2.24) is 9.97 Å². The van der Waals surface area contributed by atoms with E-state index in [1.54, 1.807) is 11.3 Å². The number of aryl methyl sites for hydroxylation is 1. The van der Waals surface area contributed by atoms with E-state index in [0.29, 0.717) is 11.6 Å². The maximum Gasteiger partial charge on any atom is 0.172 e. The van der Waals surface area contributed by atoms with Gasteiger partial charge in [-0.25, -0.2) is 9.97 Å². The van der Waals surface area contributed by atoms with Crippen LogP contribution < -0.4 is 5.73 Å². The van der Waals surface area contributed by atoms with E-state index in [-0.39, 0.29) is 0 Å². The summed E-state index contributed by atoms with van der Waals surface area (Å²) in [5.41, 5.74) is 8.06. The fourth-order valence-corrected chi connectivity index (χ4v) is 4.06. The van der Waals surface area contributed by atoms with E-state index in [0.717, 1.165) is 30.3 Å². The number of aromatic nitrogens is 2. The molecule has 0 aliphatic carbocycles. The second kappa shape index (κ2) is 4.85. The van der Waals surface area contributed by atoms with E-state index in [9.17, 15) is 0 Å². The number of thiophene rings is 1. The molecule has 0 atom stereocenters. The Morgan fingerprint density at radius 3 is 2.68 bits per heavy atom. The molecule has 0 unspecified atom stereocenters. The molecule has 2 heterocycles. The Morgan fingerprint density at radius 2 is 2.00 bits per heavy atom. The number of hydrogen-bond donors (Lipinski definition) is 1. The predicted octanol–water partition coefficient (Wildman–Crippen LogP) is 4.77. The van der Waals surface area contributed by atoms with Crippen LogP contribution in [0.3, 0.4) is 0 Å². The van der Waals surface area contributed by atoms with Gasteiger partial charge in [0.1, 0.15) is 5.82 Å². The highest BCUT2D eigenvalue weighted by Crippen LogP contribution is 2.33. The van der Waals surface area contributed by atoms with E-state index >= 15 is 0 Å². The van der Waals surface area contributed by atoms with Gasteiger partial charge in [0.15, 0.2) is 5.82 Å². The van der Waals surface area contributed by atoms with Gasteiger partial charge in [0.05, 0.1) is 10.4 Å². The number of anilines is 1. The van der Waals surface area contributed by atoms with Crippen LogP contribution in [0.15, 0.2) is 32.5 Å². The summed E-state index contributed by atoms with van der Waals surface area (Å²) >= 11 is 8.60. The highest BCUT2D eigenvalue weighted by atomic mass is 79.9. The molecule has 0 saturated carbocycles. The Kier molecular flexibility index (Phi) is 3.32. The smallest absolute Gasteiger partial charge is 0.172 e. The molecule has 1 aromatic carbocycles. The fraction of sp³-hybridized carbons (Fsp3) is 0.0769. The maximum absolute atomic E-state index is 6.06. The van der Waals surface area contributed by atoms with Crippen molar-refractivity contribution in [3.8, 4) is 10.7 Å². The monoisotopic (exact) mass is 397 g/mol. The van der Waals surface area contributed by atoms with Gasteiger partial charge in [-0.15, -0.1) is 11.3 Å². The van der Waals surface area contributed by atoms with Crippen molar-refractivity contribution in [2.24, 2.45) is 0 Å². The molecule has 0 saturated heterocycles. The van der Waals surface area contributed by atoms with Crippen LogP contribution in [0, 0.1) is 6.92 Å². The average molecular weight is 399 g/mol. The van der Waals surface area contributed by atoms with Crippen molar-refractivity contribution < 1.29 is 0 Å². The molecular weight excluding hydrogens is 390 g/mol. The van der Waals surface area contributed by atoms with Gasteiger partial charge in [0.25, 0.3) is 0 Å². The zero-order valence-corrected chi connectivity index (χ0v) is 13.9. The van der Waals surface area contributed by atoms with Gasteiger partial charge in [-0.05, 0) is 52.0 Å². The molecule has 0 spiro atoms. The van der Waals surface area contributed by atoms with Crippen LogP contribution in [0.1, 0.15) is 5.56 Å². The third kappa shape index (κ3) is 2.28. The summed E-state index contributed by atoms with van der Waals surface area (Å²) in [6, 6.07) is 5.95. The molecule has 3 aromatic rings. The van der Waals surface area contributed by atoms with E-state index in [1.165, 1.54) is 0 Å². The highest BCUT2D eigenvalue weighted by molar-refractivity contribution is 9.11. The van der Waals surface area contributed by atoms with E-state index in [4.69, 9.17) is 5.73 Å². The molecule has 2 aromatic heterocycles. The van der Waals surface area contributed by atoms with E-state index in [2.05, 4.69) is 47.9 Å². The summed E-state index contributed by atoms with van der Waals surface area (Å²) in [6.07, 6.45) is 0. The molecule has 0 amide bonds. The number of rotatable bonds is 1. The summed E-state index contributed by atoms with van der Waals surface area (Å²) in [5, 5.41) is 2.88. The zero-order valence-electron chi connectivity index (χ0n) is 9.95. The first-order valence-electron chi connectivity index (χ1n) is 5.53. The first kappa shape index (κ1) is 13.0. The minimum atomic E-state index is 0.495. The van der Waals surface area contributed by atoms with Crippen molar-refractivity contribution in [2.45, 2.75) is 6.92 Å². The van der Waals surface area contributed by atoms with E-state index < -0.39 is 0 Å². The second-order valence-corrected chi connectivity index (χ2v) is 6.84. The van der Waals surface area contributed by atoms with Crippen LogP contribution in [0.25, 0.3) is 21.6 Å². The van der Waals surface area contributed by atoms with Crippen molar-refractivity contribution in [1.29, 1.82) is 0 Å². The Balaban J connectivity index is 2.34. The van der Waals surface area contributed by atoms with Crippen molar-refractivity contribution >= 4 is 59.9 Å². The quantitative estimate of drug-likeness (QED) is 0.641. The molecule has 0 bridgehead atoms. The number of halogens is 2. The number of fused-ring (bicyclic) bond motifs is 1. The molecule has 0 aliphatic heterocycles. The first-order valence-corrected chi connectivity index (χ1v) is 7.99. The predicted molar refractivity (Wildman–Crippen MR) is 87.4 cm³/mol. The largest absolute Gasteiger partial charge is 0.383 e. The Morgan fingerprint density at radius 1 is 1.21 bits per heavy atom. The lowest BCUT2D eigenvalue weighted by Gasteiger charge is -2.07. The lowest BCUT2D eigenvalue weighted by molar-refractivity contribution is 1.23. The van der Waals surface area contributed by atoms with Gasteiger partial charge in [0.2, 0.25) is 0 Å². The second-order valence-electron chi connectivity index (χ2n) is 4.15. The van der Waals surface area contributed by atoms with Gasteiger partial charge in [-0.3, -0.25) is 0 Å². The molecule has 0 aliphatic rings. The molecular formula is C13H9Br2N3S. The summed E-state index contributed by atoms with van der Waals surface area (Å²) in [5.74, 6) is 1.18. The Labute approximate surface area is 131 Å². The number of nitrogen functional groups attached to an aromatic ring is 1. The van der Waals surface area contributed by atoms with Crippen LogP contribution in [-0.2, 0) is 0 Å². The fourth-order valence-electron chi connectivity index (χ4n) is 1.88. The number of benzene rings is 1. The molecule has 2 N–H and O–H groups in total. The zero-order chi connectivity index (χ0) is 13.6. The third-order valence-electron chi connectivity index (χ3n) is 2.81. The van der Waals surface area contributed by atoms with Crippen molar-refractivity contribution in [3.05, 3.63) is 38.1 Å². The molecule has 19 heavy (non-hydrogen) atoms. The van der Waals surface area contributed by atoms with Crippen LogP contribution in [0.2, 0.25) is 0 Å². The topological polar surface area (TPSA) is 51.8 Å². The summed E-state index contributed by atoms with van der Waals surface area (Å²) in [4.78, 5) is 10.1. The van der Waals surface area contributed by atoms with Gasteiger partial charge in [-0.2, -0.15) is 0 Å². The van der Waals surface area contributed by atoms with Crippen LogP contribution in [0.5, 0.6) is 0 Å². The SMILES string of the molecule is Cc1ccsc1-c1nc(N)c2cc(Br)cc(Br)c2n1. The molecule has 96 valence electrons. The normalized spacial score (nSPS) is 11.1. The first-order chi connectivity index (χ1) is 9.06. The van der Waals surface area contributed by atoms with Crippen LogP contribution in [-0.4, -0.2) is 9.97 Å². The summed E-state index contributed by atoms with van der Waals surface area (Å²) in [6.45, 7) is 2.05. The minimum Gasteiger partial charge on any atom is -0.383 e. The molecule has 0 radical (unpaired) electrons. The van der Waals surface area contributed by atoms with Crippen molar-refractivity contribution in [2.75, 3.05) is 5.73 Å². The number of nitrogens with two attached hydrogens (primary N) is 1. The summed E-state index contributed by atoms with van der Waals surface area (Å²) < 4.78 is 1.85. The number of nitrogens with zero attached hydrogens (tertiary/aromatic N) is 2. The molecule has 3 rings (SSSR count). The van der Waals surface area contributed by atoms with Gasteiger partial charge >= 0.3 is 0 Å². The van der Waals surface area contributed by atoms with E-state index in [1.807, 2.05) is 24.4 Å². The standard InChI is InChI=1S/C13H9Br2N3S/c1-6-2-3-19-11(6)13-17-10-8(12(16)18-13)4-7(14)5-9(10)15/h2-5H,1H3,(H2,16,17,18). The average Bonchev–Trinajstić information content (AvgIpc) is 2.76. The third-order valence-corrected chi connectivity index (χ3v) is 4.89. The molecule has 6 heteroatoms. The van der Waals surface area contributed by atoms with Gasteiger partial charge < -0.3 is 5.73 Å². The summed E-state index contributed by atoms with van der Waals surface area (Å²) in [7, 11) is 0. The Bertz CT molecular complexity index is 783. The van der Waals surface area contributed by atoms with Gasteiger partial charge in [-0.1, -0.05) is 15.9 Å². The highest BCUT2D eigenvalue weighted by Gasteiger charge is 2.13. The van der Waals surface area contributed by atoms with Crippen LogP contribution >= 0.6 is 43.2 Å². The lowest BCUT2D eigenvalue weighted by Crippen LogP contribution is -1.98. The van der Waals surface area contributed by atoms with Crippen LogP contribution in [0.4, 0.5) is 5.82 Å². The maximum atomic E-state index is 6.06. The lowest BCUT2D eigenvalue weighted by atomic mass is 10.2. The molecule has 0 fully saturated rings. The minimum absolute atomic E-state index is 0.495. The molecule has 3 nitrogen and oxygen atoms in total. The number of hydrogen-bond acceptors (Lipinski definition) is 4.